The van der Waals surface area contributed by atoms with Crippen molar-refractivity contribution in [2.45, 2.75) is 37.8 Å². The van der Waals surface area contributed by atoms with Gasteiger partial charge >= 0.3 is 0 Å². The standard InChI is InChI=1S/C35H38FN3O6S/c1-5-37-35(41)32(21-26-9-7-6-8-10-26)38(23-27-13-15-28(36)16-14-27)34(40)24-39(31-22-29(44-3)17-20-33(31)45-4)46(42,43)30-18-11-25(2)12-19-30/h6-20,22,32H,5,21,23-24H2,1-4H3,(H,37,41)/t32-/m0/s1. The number of methoxy groups -OCH3 is 2. The maximum absolute atomic E-state index is 14.5. The van der Waals surface area contributed by atoms with E-state index in [2.05, 4.69) is 5.32 Å². The summed E-state index contributed by atoms with van der Waals surface area (Å²) in [5.41, 5.74) is 2.30. The minimum atomic E-state index is -4.35. The largest absolute Gasteiger partial charge is 0.497 e. The van der Waals surface area contributed by atoms with Crippen LogP contribution in [0.1, 0.15) is 23.6 Å². The normalized spacial score (nSPS) is 11.8. The molecule has 1 atom stereocenters. The van der Waals surface area contributed by atoms with Crippen LogP contribution in [0.2, 0.25) is 0 Å². The minimum absolute atomic E-state index is 0.0366. The molecule has 0 aliphatic carbocycles. The SMILES string of the molecule is CCNC(=O)[C@H](Cc1ccccc1)N(Cc1ccc(F)cc1)C(=O)CN(c1cc(OC)ccc1OC)S(=O)(=O)c1ccc(C)cc1. The molecule has 0 aliphatic rings. The zero-order valence-electron chi connectivity index (χ0n) is 26.3. The van der Waals surface area contributed by atoms with Crippen LogP contribution in [-0.4, -0.2) is 58.5 Å². The Morgan fingerprint density at radius 2 is 1.54 bits per heavy atom. The lowest BCUT2D eigenvalue weighted by Gasteiger charge is -2.34. The van der Waals surface area contributed by atoms with Crippen molar-refractivity contribution < 1.29 is 31.9 Å². The Hall–Kier alpha value is -4.90. The molecule has 4 aromatic carbocycles. The summed E-state index contributed by atoms with van der Waals surface area (Å²) in [6.07, 6.45) is 0.160. The Labute approximate surface area is 269 Å². The van der Waals surface area contributed by atoms with E-state index in [0.717, 1.165) is 15.4 Å². The van der Waals surface area contributed by atoms with Gasteiger partial charge in [0, 0.05) is 25.6 Å². The molecule has 0 bridgehead atoms. The number of amides is 2. The molecule has 1 N–H and O–H groups in total. The lowest BCUT2D eigenvalue weighted by atomic mass is 10.0. The number of ether oxygens (including phenoxy) is 2. The van der Waals surface area contributed by atoms with Gasteiger partial charge in [0.25, 0.3) is 10.0 Å². The smallest absolute Gasteiger partial charge is 0.264 e. The van der Waals surface area contributed by atoms with E-state index in [9.17, 15) is 22.4 Å². The van der Waals surface area contributed by atoms with Crippen LogP contribution < -0.4 is 19.1 Å². The third-order valence-corrected chi connectivity index (χ3v) is 9.20. The van der Waals surface area contributed by atoms with Crippen LogP contribution in [0.3, 0.4) is 0 Å². The maximum Gasteiger partial charge on any atom is 0.264 e. The van der Waals surface area contributed by atoms with E-state index in [1.807, 2.05) is 37.3 Å². The van der Waals surface area contributed by atoms with Crippen molar-refractivity contribution in [3.63, 3.8) is 0 Å². The van der Waals surface area contributed by atoms with Crippen LogP contribution in [0.4, 0.5) is 10.1 Å². The second-order valence-electron chi connectivity index (χ2n) is 10.6. The van der Waals surface area contributed by atoms with Gasteiger partial charge < -0.3 is 19.7 Å². The predicted molar refractivity (Wildman–Crippen MR) is 175 cm³/mol. The average molecular weight is 648 g/mol. The van der Waals surface area contributed by atoms with E-state index in [-0.39, 0.29) is 29.3 Å². The Balaban J connectivity index is 1.85. The van der Waals surface area contributed by atoms with Crippen LogP contribution >= 0.6 is 0 Å². The molecule has 0 radical (unpaired) electrons. The molecular weight excluding hydrogens is 609 g/mol. The lowest BCUT2D eigenvalue weighted by Crippen LogP contribution is -2.53. The van der Waals surface area contributed by atoms with Gasteiger partial charge in [-0.15, -0.1) is 0 Å². The molecule has 0 saturated heterocycles. The van der Waals surface area contributed by atoms with Crippen LogP contribution in [-0.2, 0) is 32.6 Å². The third kappa shape index (κ3) is 8.22. The van der Waals surface area contributed by atoms with Gasteiger partial charge in [-0.25, -0.2) is 12.8 Å². The Morgan fingerprint density at radius 1 is 0.870 bits per heavy atom. The summed E-state index contributed by atoms with van der Waals surface area (Å²) in [6, 6.07) is 24.7. The van der Waals surface area contributed by atoms with Crippen LogP contribution in [0.25, 0.3) is 0 Å². The molecule has 0 saturated carbocycles. The quantitative estimate of drug-likeness (QED) is 0.204. The summed E-state index contributed by atoms with van der Waals surface area (Å²) in [5.74, 6) is -0.976. The second kappa shape index (κ2) is 15.4. The molecule has 0 spiro atoms. The summed E-state index contributed by atoms with van der Waals surface area (Å²) in [7, 11) is -1.51. The van der Waals surface area contributed by atoms with Crippen LogP contribution in [0, 0.1) is 12.7 Å². The van der Waals surface area contributed by atoms with Crippen molar-refractivity contribution in [2.75, 3.05) is 31.6 Å². The number of rotatable bonds is 14. The lowest BCUT2D eigenvalue weighted by molar-refractivity contribution is -0.140. The zero-order valence-corrected chi connectivity index (χ0v) is 27.1. The fourth-order valence-electron chi connectivity index (χ4n) is 4.97. The Kier molecular flexibility index (Phi) is 11.4. The van der Waals surface area contributed by atoms with Crippen molar-refractivity contribution in [3.05, 3.63) is 120 Å². The first-order chi connectivity index (χ1) is 22.1. The van der Waals surface area contributed by atoms with Gasteiger partial charge in [-0.05, 0) is 61.4 Å². The Bertz CT molecular complexity index is 1730. The first kappa shape index (κ1) is 34.0. The molecule has 0 unspecified atom stereocenters. The van der Waals surface area contributed by atoms with Gasteiger partial charge in [-0.3, -0.25) is 13.9 Å². The number of hydrogen-bond acceptors (Lipinski definition) is 6. The molecular formula is C35H38FN3O6S. The highest BCUT2D eigenvalue weighted by atomic mass is 32.2. The number of likely N-dealkylation sites (N-methyl/N-ethyl adjacent to an activating group) is 1. The molecule has 0 aromatic heterocycles. The number of nitrogens with one attached hydrogen (secondary N) is 1. The summed E-state index contributed by atoms with van der Waals surface area (Å²) in [4.78, 5) is 29.4. The molecule has 0 fully saturated rings. The van der Waals surface area contributed by atoms with Crippen molar-refractivity contribution in [1.29, 1.82) is 0 Å². The van der Waals surface area contributed by atoms with E-state index in [0.29, 0.717) is 17.9 Å². The number of aryl methyl sites for hydroxylation is 1. The van der Waals surface area contributed by atoms with E-state index in [4.69, 9.17) is 9.47 Å². The summed E-state index contributed by atoms with van der Waals surface area (Å²) in [6.45, 7) is 3.17. The average Bonchev–Trinajstić information content (AvgIpc) is 3.06. The van der Waals surface area contributed by atoms with E-state index < -0.39 is 40.2 Å². The monoisotopic (exact) mass is 647 g/mol. The minimum Gasteiger partial charge on any atom is -0.497 e. The first-order valence-corrected chi connectivity index (χ1v) is 16.2. The van der Waals surface area contributed by atoms with Gasteiger partial charge in [-0.1, -0.05) is 60.2 Å². The van der Waals surface area contributed by atoms with E-state index in [1.165, 1.54) is 61.6 Å². The fourth-order valence-corrected chi connectivity index (χ4v) is 6.39. The highest BCUT2D eigenvalue weighted by Crippen LogP contribution is 2.36. The molecule has 9 nitrogen and oxygen atoms in total. The number of anilines is 1. The van der Waals surface area contributed by atoms with Crippen molar-refractivity contribution >= 4 is 27.5 Å². The number of benzene rings is 4. The fraction of sp³-hybridized carbons (Fsp3) is 0.257. The zero-order chi connectivity index (χ0) is 33.3. The number of sulfonamides is 1. The van der Waals surface area contributed by atoms with Gasteiger partial charge in [0.05, 0.1) is 24.8 Å². The Morgan fingerprint density at radius 3 is 2.15 bits per heavy atom. The van der Waals surface area contributed by atoms with Crippen molar-refractivity contribution in [1.82, 2.24) is 10.2 Å². The van der Waals surface area contributed by atoms with Crippen LogP contribution in [0.15, 0.2) is 102 Å². The van der Waals surface area contributed by atoms with Gasteiger partial charge in [0.1, 0.15) is 29.9 Å². The summed E-state index contributed by atoms with van der Waals surface area (Å²) >= 11 is 0. The van der Waals surface area contributed by atoms with Crippen LogP contribution in [0.5, 0.6) is 11.5 Å². The highest BCUT2D eigenvalue weighted by molar-refractivity contribution is 7.92. The molecule has 4 rings (SSSR count). The number of nitrogens with zero attached hydrogens (tertiary/aromatic N) is 2. The molecule has 0 heterocycles. The van der Waals surface area contributed by atoms with Crippen molar-refractivity contribution in [2.24, 2.45) is 0 Å². The van der Waals surface area contributed by atoms with Gasteiger partial charge in [0.15, 0.2) is 0 Å². The number of hydrogen-bond donors (Lipinski definition) is 1. The van der Waals surface area contributed by atoms with E-state index in [1.54, 1.807) is 31.2 Å². The third-order valence-electron chi connectivity index (χ3n) is 7.43. The first-order valence-electron chi connectivity index (χ1n) is 14.7. The predicted octanol–water partition coefficient (Wildman–Crippen LogP) is 5.12. The molecule has 46 heavy (non-hydrogen) atoms. The number of carbonyl (C=O) groups is 2. The molecule has 4 aromatic rings. The topological polar surface area (TPSA) is 105 Å². The molecule has 242 valence electrons. The molecule has 0 aliphatic heterocycles. The maximum atomic E-state index is 14.5. The summed E-state index contributed by atoms with van der Waals surface area (Å²) in [5, 5.41) is 2.81. The molecule has 11 heteroatoms. The van der Waals surface area contributed by atoms with Gasteiger partial charge in [0.2, 0.25) is 11.8 Å². The molecule has 2 amide bonds. The van der Waals surface area contributed by atoms with Crippen molar-refractivity contribution in [3.8, 4) is 11.5 Å². The number of halogens is 1. The highest BCUT2D eigenvalue weighted by Gasteiger charge is 2.35. The summed E-state index contributed by atoms with van der Waals surface area (Å²) < 4.78 is 54.3. The second-order valence-corrected chi connectivity index (χ2v) is 12.5. The number of carbonyl (C=O) groups excluding carboxylic acids is 2. The van der Waals surface area contributed by atoms with E-state index >= 15 is 0 Å². The van der Waals surface area contributed by atoms with Gasteiger partial charge in [-0.2, -0.15) is 0 Å².